The van der Waals surface area contributed by atoms with Gasteiger partial charge in [0.15, 0.2) is 6.61 Å². The minimum Gasteiger partial charge on any atom is -0.484 e. The van der Waals surface area contributed by atoms with E-state index in [4.69, 9.17) is 28.1 Å². The van der Waals surface area contributed by atoms with E-state index in [1.165, 1.54) is 0 Å². The van der Waals surface area contributed by atoms with Crippen molar-refractivity contribution in [2.75, 3.05) is 6.61 Å². The average Bonchev–Trinajstić information content (AvgIpc) is 2.17. The molecular formula is C8H8Cl2N2O2. The second kappa shape index (κ2) is 5.70. The number of carbonyl (C=O) groups is 1. The molecule has 0 aliphatic carbocycles. The lowest BCUT2D eigenvalue weighted by molar-refractivity contribution is -0.123. The Morgan fingerprint density at radius 1 is 1.36 bits per heavy atom. The van der Waals surface area contributed by atoms with Crippen LogP contribution in [0.4, 0.5) is 0 Å². The molecule has 1 rings (SSSR count). The standard InChI is InChI=1S/C8H8Cl2N2O2/c9-6-1-3-7(4-2-6)14-5-8(13)11-12-10/h1-4,12H,5H2,(H,11,13). The van der Waals surface area contributed by atoms with Crippen LogP contribution in [0.5, 0.6) is 5.75 Å². The zero-order valence-electron chi connectivity index (χ0n) is 7.09. The molecule has 0 aliphatic heterocycles. The van der Waals surface area contributed by atoms with Crippen LogP contribution in [0, 0.1) is 0 Å². The van der Waals surface area contributed by atoms with E-state index in [2.05, 4.69) is 5.43 Å². The highest BCUT2D eigenvalue weighted by atomic mass is 35.5. The molecule has 0 fully saturated rings. The molecule has 0 atom stereocenters. The SMILES string of the molecule is O=C(COc1ccc(Cl)cc1)NNCl. The van der Waals surface area contributed by atoms with Gasteiger partial charge in [0, 0.05) is 5.02 Å². The summed E-state index contributed by atoms with van der Waals surface area (Å²) in [5, 5.41) is 0.615. The minimum absolute atomic E-state index is 0.110. The first-order valence-electron chi connectivity index (χ1n) is 3.75. The third-order valence-corrected chi connectivity index (χ3v) is 1.72. The van der Waals surface area contributed by atoms with Crippen LogP contribution in [0.25, 0.3) is 0 Å². The summed E-state index contributed by atoms with van der Waals surface area (Å²) in [4.78, 5) is 12.9. The second-order valence-corrected chi connectivity index (χ2v) is 3.01. The first kappa shape index (κ1) is 11.1. The molecule has 0 aliphatic rings. The van der Waals surface area contributed by atoms with Crippen molar-refractivity contribution >= 4 is 29.3 Å². The van der Waals surface area contributed by atoms with Crippen molar-refractivity contribution in [3.05, 3.63) is 29.3 Å². The fourth-order valence-corrected chi connectivity index (χ4v) is 1.000. The summed E-state index contributed by atoms with van der Waals surface area (Å²) in [7, 11) is 0. The molecule has 0 bridgehead atoms. The van der Waals surface area contributed by atoms with Crippen LogP contribution in [-0.2, 0) is 4.79 Å². The Morgan fingerprint density at radius 3 is 2.57 bits per heavy atom. The molecule has 0 heterocycles. The van der Waals surface area contributed by atoms with E-state index in [1.54, 1.807) is 24.3 Å². The maximum Gasteiger partial charge on any atom is 0.273 e. The number of hydrogen-bond acceptors (Lipinski definition) is 3. The van der Waals surface area contributed by atoms with E-state index >= 15 is 0 Å². The summed E-state index contributed by atoms with van der Waals surface area (Å²) in [6.07, 6.45) is 0. The fraction of sp³-hybridized carbons (Fsp3) is 0.125. The highest BCUT2D eigenvalue weighted by Crippen LogP contribution is 2.15. The van der Waals surface area contributed by atoms with Gasteiger partial charge in [0.2, 0.25) is 0 Å². The number of rotatable bonds is 4. The number of ether oxygens (including phenoxy) is 1. The second-order valence-electron chi connectivity index (χ2n) is 2.39. The Bertz CT molecular complexity index is 303. The number of halogens is 2. The van der Waals surface area contributed by atoms with Gasteiger partial charge in [0.05, 0.1) is 0 Å². The van der Waals surface area contributed by atoms with Gasteiger partial charge in [-0.15, -0.1) is 4.94 Å². The van der Waals surface area contributed by atoms with Crippen molar-refractivity contribution in [2.24, 2.45) is 0 Å². The largest absolute Gasteiger partial charge is 0.484 e. The Kier molecular flexibility index (Phi) is 4.52. The predicted octanol–water partition coefficient (Wildman–Crippen LogP) is 1.49. The number of nitrogens with one attached hydrogen (secondary N) is 2. The highest BCUT2D eigenvalue weighted by Gasteiger charge is 2.00. The Hall–Kier alpha value is -0.970. The molecule has 0 saturated heterocycles. The molecule has 0 unspecified atom stereocenters. The van der Waals surface area contributed by atoms with Crippen molar-refractivity contribution in [2.45, 2.75) is 0 Å². The monoisotopic (exact) mass is 234 g/mol. The smallest absolute Gasteiger partial charge is 0.273 e. The average molecular weight is 235 g/mol. The van der Waals surface area contributed by atoms with Crippen molar-refractivity contribution in [3.63, 3.8) is 0 Å². The molecule has 6 heteroatoms. The Morgan fingerprint density at radius 2 is 2.00 bits per heavy atom. The van der Waals surface area contributed by atoms with Crippen LogP contribution in [0.15, 0.2) is 24.3 Å². The van der Waals surface area contributed by atoms with Crippen LogP contribution < -0.4 is 15.1 Å². The lowest BCUT2D eigenvalue weighted by atomic mass is 10.3. The number of benzene rings is 1. The van der Waals surface area contributed by atoms with Gasteiger partial charge in [-0.1, -0.05) is 11.6 Å². The summed E-state index contributed by atoms with van der Waals surface area (Å²) in [6.45, 7) is -0.110. The number of amides is 1. The van der Waals surface area contributed by atoms with Gasteiger partial charge in [-0.2, -0.15) is 0 Å². The molecule has 14 heavy (non-hydrogen) atoms. The zero-order chi connectivity index (χ0) is 10.4. The van der Waals surface area contributed by atoms with Gasteiger partial charge in [0.25, 0.3) is 5.91 Å². The van der Waals surface area contributed by atoms with Gasteiger partial charge in [-0.05, 0) is 36.0 Å². The minimum atomic E-state index is -0.366. The highest BCUT2D eigenvalue weighted by molar-refractivity contribution is 6.30. The van der Waals surface area contributed by atoms with Crippen molar-refractivity contribution in [3.8, 4) is 5.75 Å². The molecule has 1 aromatic carbocycles. The third-order valence-electron chi connectivity index (χ3n) is 1.37. The van der Waals surface area contributed by atoms with Gasteiger partial charge in [-0.25, -0.2) is 0 Å². The Balaban J connectivity index is 2.38. The van der Waals surface area contributed by atoms with E-state index in [-0.39, 0.29) is 12.5 Å². The zero-order valence-corrected chi connectivity index (χ0v) is 8.60. The summed E-state index contributed by atoms with van der Waals surface area (Å²) < 4.78 is 5.11. The number of hydrogen-bond donors (Lipinski definition) is 2. The normalized spacial score (nSPS) is 9.57. The van der Waals surface area contributed by atoms with Crippen molar-refractivity contribution < 1.29 is 9.53 Å². The number of carbonyl (C=O) groups excluding carboxylic acids is 1. The number of hydrazine groups is 1. The molecule has 0 radical (unpaired) electrons. The van der Waals surface area contributed by atoms with E-state index in [0.29, 0.717) is 10.8 Å². The van der Waals surface area contributed by atoms with Gasteiger partial charge in [-0.3, -0.25) is 10.2 Å². The lowest BCUT2D eigenvalue weighted by Gasteiger charge is -2.05. The third kappa shape index (κ3) is 3.83. The van der Waals surface area contributed by atoms with Crippen molar-refractivity contribution in [1.82, 2.24) is 10.4 Å². The molecule has 0 aromatic heterocycles. The van der Waals surface area contributed by atoms with Crippen LogP contribution in [0.1, 0.15) is 0 Å². The fourth-order valence-electron chi connectivity index (χ4n) is 0.768. The van der Waals surface area contributed by atoms with Crippen LogP contribution in [-0.4, -0.2) is 12.5 Å². The maximum atomic E-state index is 10.9. The lowest BCUT2D eigenvalue weighted by Crippen LogP contribution is -2.34. The van der Waals surface area contributed by atoms with Crippen LogP contribution in [0.2, 0.25) is 5.02 Å². The van der Waals surface area contributed by atoms with Gasteiger partial charge >= 0.3 is 0 Å². The molecule has 4 nitrogen and oxygen atoms in total. The Labute approximate surface area is 91.2 Å². The molecule has 76 valence electrons. The summed E-state index contributed by atoms with van der Waals surface area (Å²) >= 11 is 10.7. The van der Waals surface area contributed by atoms with E-state index in [0.717, 1.165) is 0 Å². The summed E-state index contributed by atoms with van der Waals surface area (Å²) in [6, 6.07) is 6.69. The maximum absolute atomic E-state index is 10.9. The first-order valence-corrected chi connectivity index (χ1v) is 4.51. The summed E-state index contributed by atoms with van der Waals surface area (Å²) in [5.74, 6) is 0.203. The molecule has 0 spiro atoms. The van der Waals surface area contributed by atoms with Crippen molar-refractivity contribution in [1.29, 1.82) is 0 Å². The molecule has 1 amide bonds. The predicted molar refractivity (Wildman–Crippen MR) is 54.1 cm³/mol. The van der Waals surface area contributed by atoms with E-state index in [1.807, 2.05) is 4.94 Å². The van der Waals surface area contributed by atoms with Crippen LogP contribution >= 0.6 is 23.4 Å². The summed E-state index contributed by atoms with van der Waals surface area (Å²) in [5.41, 5.74) is 2.15. The molecule has 2 N–H and O–H groups in total. The first-order chi connectivity index (χ1) is 6.72. The molecular weight excluding hydrogens is 227 g/mol. The molecule has 1 aromatic rings. The van der Waals surface area contributed by atoms with E-state index < -0.39 is 0 Å². The van der Waals surface area contributed by atoms with Gasteiger partial charge in [0.1, 0.15) is 5.75 Å². The topological polar surface area (TPSA) is 50.4 Å². The van der Waals surface area contributed by atoms with Gasteiger partial charge < -0.3 is 4.74 Å². The molecule has 0 saturated carbocycles. The van der Waals surface area contributed by atoms with Crippen LogP contribution in [0.3, 0.4) is 0 Å². The van der Waals surface area contributed by atoms with E-state index in [9.17, 15) is 4.79 Å². The quantitative estimate of drug-likeness (QED) is 0.614.